The number of nitrogens with one attached hydrogen (secondary N) is 2. The summed E-state index contributed by atoms with van der Waals surface area (Å²) in [5.74, 6) is 0.608. The van der Waals surface area contributed by atoms with Gasteiger partial charge in [-0.2, -0.15) is 0 Å². The van der Waals surface area contributed by atoms with Gasteiger partial charge >= 0.3 is 0 Å². The van der Waals surface area contributed by atoms with Crippen molar-refractivity contribution in [2.45, 2.75) is 19.0 Å². The summed E-state index contributed by atoms with van der Waals surface area (Å²) < 4.78 is 18.9. The number of halogens is 1. The highest BCUT2D eigenvalue weighted by Crippen LogP contribution is 2.21. The molecule has 7 heteroatoms. The van der Waals surface area contributed by atoms with Crippen molar-refractivity contribution in [2.75, 3.05) is 54.4 Å². The third kappa shape index (κ3) is 5.31. The highest BCUT2D eigenvalue weighted by molar-refractivity contribution is 5.80. The number of piperazine rings is 1. The smallest absolute Gasteiger partial charge is 0.191 e. The monoisotopic (exact) mass is 351 g/mol. The van der Waals surface area contributed by atoms with E-state index in [0.29, 0.717) is 12.0 Å². The third-order valence-corrected chi connectivity index (χ3v) is 4.74. The Bertz CT molecular complexity index is 595. The molecular weight excluding hydrogens is 321 g/mol. The van der Waals surface area contributed by atoms with Crippen LogP contribution in [0.1, 0.15) is 18.5 Å². The van der Waals surface area contributed by atoms with E-state index in [4.69, 9.17) is 4.74 Å². The maximum Gasteiger partial charge on any atom is 0.191 e. The van der Waals surface area contributed by atoms with Crippen molar-refractivity contribution in [3.63, 3.8) is 0 Å². The number of nitrogens with zero attached hydrogens (tertiary/aromatic N) is 3. The molecular formula is C18H30FN5O. The number of aliphatic imine (C=N–C) groups is 1. The summed E-state index contributed by atoms with van der Waals surface area (Å²) in [6.07, 6.45) is 0. The van der Waals surface area contributed by atoms with Gasteiger partial charge in [-0.05, 0) is 38.7 Å². The Balaban J connectivity index is 1.91. The summed E-state index contributed by atoms with van der Waals surface area (Å²) in [6.45, 7) is 5.98. The minimum atomic E-state index is -0.358. The molecule has 0 amide bonds. The van der Waals surface area contributed by atoms with Crippen molar-refractivity contribution < 1.29 is 9.13 Å². The normalized spacial score (nSPS) is 21.0. The standard InChI is InChI=1S/C18H30FN5O/c1-13(14-6-7-17(25-5)16(19)10-14)22-18(20-2)21-11-15-12-23(3)8-9-24(15)4/h6-7,10,13,15H,8-9,11-12H2,1-5H3,(H2,20,21,22). The highest BCUT2D eigenvalue weighted by atomic mass is 19.1. The van der Waals surface area contributed by atoms with E-state index in [0.717, 1.165) is 31.7 Å². The molecule has 1 aliphatic rings. The predicted octanol–water partition coefficient (Wildman–Crippen LogP) is 1.31. The largest absolute Gasteiger partial charge is 0.494 e. The van der Waals surface area contributed by atoms with E-state index < -0.39 is 0 Å². The van der Waals surface area contributed by atoms with Gasteiger partial charge in [0.2, 0.25) is 0 Å². The van der Waals surface area contributed by atoms with E-state index >= 15 is 0 Å². The molecule has 1 aliphatic heterocycles. The van der Waals surface area contributed by atoms with Gasteiger partial charge in [-0.15, -0.1) is 0 Å². The topological polar surface area (TPSA) is 52.1 Å². The van der Waals surface area contributed by atoms with Crippen molar-refractivity contribution >= 4 is 5.96 Å². The lowest BCUT2D eigenvalue weighted by Crippen LogP contribution is -2.55. The second-order valence-corrected chi connectivity index (χ2v) is 6.61. The lowest BCUT2D eigenvalue weighted by molar-refractivity contribution is 0.116. The molecule has 0 aromatic heterocycles. The van der Waals surface area contributed by atoms with Crippen LogP contribution >= 0.6 is 0 Å². The van der Waals surface area contributed by atoms with Crippen molar-refractivity contribution in [2.24, 2.45) is 4.99 Å². The Morgan fingerprint density at radius 2 is 2.16 bits per heavy atom. The summed E-state index contributed by atoms with van der Waals surface area (Å²) in [4.78, 5) is 8.98. The Hall–Kier alpha value is -1.86. The van der Waals surface area contributed by atoms with Gasteiger partial charge in [0.1, 0.15) is 0 Å². The molecule has 0 radical (unpaired) electrons. The quantitative estimate of drug-likeness (QED) is 0.619. The zero-order valence-electron chi connectivity index (χ0n) is 15.8. The summed E-state index contributed by atoms with van der Waals surface area (Å²) >= 11 is 0. The van der Waals surface area contributed by atoms with E-state index in [9.17, 15) is 4.39 Å². The molecule has 1 saturated heterocycles. The number of likely N-dealkylation sites (N-methyl/N-ethyl adjacent to an activating group) is 2. The van der Waals surface area contributed by atoms with Crippen molar-refractivity contribution in [3.8, 4) is 5.75 Å². The maximum absolute atomic E-state index is 13.9. The van der Waals surface area contributed by atoms with Gasteiger partial charge in [0, 0.05) is 39.3 Å². The van der Waals surface area contributed by atoms with Crippen LogP contribution in [-0.2, 0) is 0 Å². The molecule has 2 N–H and O–H groups in total. The summed E-state index contributed by atoms with van der Waals surface area (Å²) in [7, 11) is 7.50. The van der Waals surface area contributed by atoms with Gasteiger partial charge in [0.25, 0.3) is 0 Å². The second kappa shape index (κ2) is 9.01. The summed E-state index contributed by atoms with van der Waals surface area (Å²) in [5.41, 5.74) is 0.843. The molecule has 2 rings (SSSR count). The first-order valence-corrected chi connectivity index (χ1v) is 8.64. The predicted molar refractivity (Wildman–Crippen MR) is 99.8 cm³/mol. The van der Waals surface area contributed by atoms with Crippen LogP contribution in [0.25, 0.3) is 0 Å². The molecule has 0 saturated carbocycles. The summed E-state index contributed by atoms with van der Waals surface area (Å²) in [5, 5.41) is 6.69. The molecule has 2 atom stereocenters. The van der Waals surface area contributed by atoms with E-state index in [1.165, 1.54) is 13.2 Å². The number of rotatable bonds is 5. The molecule has 1 aromatic rings. The van der Waals surface area contributed by atoms with Gasteiger partial charge in [0.05, 0.1) is 13.2 Å². The van der Waals surface area contributed by atoms with Gasteiger partial charge in [-0.25, -0.2) is 4.39 Å². The molecule has 1 fully saturated rings. The van der Waals surface area contributed by atoms with Crippen LogP contribution in [0.5, 0.6) is 5.75 Å². The molecule has 0 aliphatic carbocycles. The van der Waals surface area contributed by atoms with Crippen LogP contribution < -0.4 is 15.4 Å². The highest BCUT2D eigenvalue weighted by Gasteiger charge is 2.22. The molecule has 1 aromatic carbocycles. The number of guanidine groups is 1. The van der Waals surface area contributed by atoms with Gasteiger partial charge in [0.15, 0.2) is 17.5 Å². The number of benzene rings is 1. The van der Waals surface area contributed by atoms with Gasteiger partial charge in [-0.1, -0.05) is 6.07 Å². The molecule has 25 heavy (non-hydrogen) atoms. The third-order valence-electron chi connectivity index (χ3n) is 4.74. The first-order valence-electron chi connectivity index (χ1n) is 8.64. The van der Waals surface area contributed by atoms with E-state index in [1.807, 2.05) is 13.0 Å². The first kappa shape index (κ1) is 19.5. The average molecular weight is 351 g/mol. The van der Waals surface area contributed by atoms with E-state index in [2.05, 4.69) is 39.5 Å². The fraction of sp³-hybridized carbons (Fsp3) is 0.611. The minimum Gasteiger partial charge on any atom is -0.494 e. The van der Waals surface area contributed by atoms with Gasteiger partial charge < -0.3 is 20.3 Å². The van der Waals surface area contributed by atoms with Crippen molar-refractivity contribution in [1.29, 1.82) is 0 Å². The van der Waals surface area contributed by atoms with E-state index in [1.54, 1.807) is 13.1 Å². The number of ether oxygens (including phenoxy) is 1. The van der Waals surface area contributed by atoms with Crippen LogP contribution in [0.3, 0.4) is 0 Å². The molecule has 2 unspecified atom stereocenters. The zero-order chi connectivity index (χ0) is 18.4. The first-order chi connectivity index (χ1) is 11.9. The van der Waals surface area contributed by atoms with E-state index in [-0.39, 0.29) is 17.6 Å². The van der Waals surface area contributed by atoms with Crippen LogP contribution in [0, 0.1) is 5.82 Å². The lowest BCUT2D eigenvalue weighted by Gasteiger charge is -2.38. The van der Waals surface area contributed by atoms with Crippen molar-refractivity contribution in [3.05, 3.63) is 29.6 Å². The zero-order valence-corrected chi connectivity index (χ0v) is 15.8. The molecule has 1 heterocycles. The Labute approximate surface area is 150 Å². The molecule has 0 bridgehead atoms. The number of methoxy groups -OCH3 is 1. The molecule has 140 valence electrons. The fourth-order valence-corrected chi connectivity index (χ4v) is 2.97. The average Bonchev–Trinajstić information content (AvgIpc) is 2.60. The van der Waals surface area contributed by atoms with Crippen molar-refractivity contribution in [1.82, 2.24) is 20.4 Å². The van der Waals surface area contributed by atoms with Gasteiger partial charge in [-0.3, -0.25) is 9.89 Å². The Morgan fingerprint density at radius 1 is 1.40 bits per heavy atom. The Morgan fingerprint density at radius 3 is 2.80 bits per heavy atom. The molecule has 0 spiro atoms. The van der Waals surface area contributed by atoms with Crippen LogP contribution in [0.15, 0.2) is 23.2 Å². The SMILES string of the molecule is CN=C(NCC1CN(C)CCN1C)NC(C)c1ccc(OC)c(F)c1. The minimum absolute atomic E-state index is 0.0710. The number of hydrogen-bond acceptors (Lipinski definition) is 4. The fourth-order valence-electron chi connectivity index (χ4n) is 2.97. The number of hydrogen-bond donors (Lipinski definition) is 2. The van der Waals surface area contributed by atoms with Crippen LogP contribution in [-0.4, -0.2) is 76.2 Å². The maximum atomic E-state index is 13.9. The molecule has 6 nitrogen and oxygen atoms in total. The Kier molecular flexibility index (Phi) is 7.01. The lowest BCUT2D eigenvalue weighted by atomic mass is 10.1. The second-order valence-electron chi connectivity index (χ2n) is 6.61. The summed E-state index contributed by atoms with van der Waals surface area (Å²) in [6, 6.07) is 5.36. The van der Waals surface area contributed by atoms with Crippen LogP contribution in [0.4, 0.5) is 4.39 Å². The van der Waals surface area contributed by atoms with Crippen LogP contribution in [0.2, 0.25) is 0 Å².